The maximum Gasteiger partial charge on any atom is 0.247 e. The first kappa shape index (κ1) is 17.7. The van der Waals surface area contributed by atoms with Gasteiger partial charge in [-0.05, 0) is 30.7 Å². The number of aryl methyl sites for hydroxylation is 2. The van der Waals surface area contributed by atoms with Gasteiger partial charge in [0.1, 0.15) is 5.75 Å². The Morgan fingerprint density at radius 2 is 1.96 bits per heavy atom. The fraction of sp³-hybridized carbons (Fsp3) is 0.250. The molecule has 6 nitrogen and oxygen atoms in total. The number of benzene rings is 2. The Hall–Kier alpha value is -3.15. The molecule has 0 aliphatic carbocycles. The van der Waals surface area contributed by atoms with Crippen LogP contribution in [0.25, 0.3) is 11.5 Å². The van der Waals surface area contributed by atoms with Gasteiger partial charge in [-0.1, -0.05) is 35.9 Å². The molecule has 1 amide bonds. The third kappa shape index (κ3) is 4.69. The Bertz CT molecular complexity index is 872. The lowest BCUT2D eigenvalue weighted by atomic mass is 10.1. The van der Waals surface area contributed by atoms with E-state index in [4.69, 9.17) is 9.15 Å². The number of amides is 1. The van der Waals surface area contributed by atoms with Gasteiger partial charge < -0.3 is 14.5 Å². The van der Waals surface area contributed by atoms with E-state index in [0.29, 0.717) is 31.2 Å². The largest absolute Gasteiger partial charge is 0.497 e. The topological polar surface area (TPSA) is 77.2 Å². The van der Waals surface area contributed by atoms with E-state index in [2.05, 4.69) is 15.5 Å². The minimum absolute atomic E-state index is 0.0493. The molecule has 0 spiro atoms. The second kappa shape index (κ2) is 8.29. The van der Waals surface area contributed by atoms with Gasteiger partial charge in [0.15, 0.2) is 0 Å². The van der Waals surface area contributed by atoms with Crippen LogP contribution in [0, 0.1) is 6.92 Å². The SMILES string of the molecule is COc1cccc(-c2nnc(CCC(=O)NCc3ccc(C)cc3)o2)c1. The van der Waals surface area contributed by atoms with Gasteiger partial charge in [0.05, 0.1) is 7.11 Å². The van der Waals surface area contributed by atoms with Gasteiger partial charge in [0.2, 0.25) is 17.7 Å². The summed E-state index contributed by atoms with van der Waals surface area (Å²) in [5.41, 5.74) is 3.05. The monoisotopic (exact) mass is 351 g/mol. The molecule has 1 aromatic heterocycles. The Labute approximate surface area is 152 Å². The molecule has 0 unspecified atom stereocenters. The summed E-state index contributed by atoms with van der Waals surface area (Å²) < 4.78 is 10.8. The molecule has 0 atom stereocenters. The van der Waals surface area contributed by atoms with Crippen LogP contribution in [0.15, 0.2) is 52.9 Å². The summed E-state index contributed by atoms with van der Waals surface area (Å²) in [5.74, 6) is 1.52. The van der Waals surface area contributed by atoms with Gasteiger partial charge in [-0.3, -0.25) is 4.79 Å². The molecule has 0 saturated carbocycles. The summed E-state index contributed by atoms with van der Waals surface area (Å²) >= 11 is 0. The molecule has 6 heteroatoms. The van der Waals surface area contributed by atoms with Crippen LogP contribution in [0.5, 0.6) is 5.75 Å². The normalized spacial score (nSPS) is 10.5. The van der Waals surface area contributed by atoms with E-state index >= 15 is 0 Å². The van der Waals surface area contributed by atoms with Crippen molar-refractivity contribution in [2.24, 2.45) is 0 Å². The molecule has 0 aliphatic rings. The predicted molar refractivity (Wildman–Crippen MR) is 97.6 cm³/mol. The van der Waals surface area contributed by atoms with Gasteiger partial charge in [-0.25, -0.2) is 0 Å². The molecular weight excluding hydrogens is 330 g/mol. The number of methoxy groups -OCH3 is 1. The molecule has 0 radical (unpaired) electrons. The quantitative estimate of drug-likeness (QED) is 0.707. The highest BCUT2D eigenvalue weighted by molar-refractivity contribution is 5.76. The number of ether oxygens (including phenoxy) is 1. The third-order valence-corrected chi connectivity index (χ3v) is 3.96. The summed E-state index contributed by atoms with van der Waals surface area (Å²) in [5, 5.41) is 10.9. The van der Waals surface area contributed by atoms with Crippen molar-refractivity contribution in [3.63, 3.8) is 0 Å². The number of carbonyl (C=O) groups excluding carboxylic acids is 1. The predicted octanol–water partition coefficient (Wildman–Crippen LogP) is 3.30. The Kier molecular flexibility index (Phi) is 5.63. The first-order valence-corrected chi connectivity index (χ1v) is 8.43. The van der Waals surface area contributed by atoms with Gasteiger partial charge in [0.25, 0.3) is 0 Å². The second-order valence-corrected chi connectivity index (χ2v) is 6.00. The van der Waals surface area contributed by atoms with E-state index in [1.165, 1.54) is 5.56 Å². The fourth-order valence-corrected chi connectivity index (χ4v) is 2.44. The molecule has 0 saturated heterocycles. The van der Waals surface area contributed by atoms with E-state index in [0.717, 1.165) is 16.9 Å². The second-order valence-electron chi connectivity index (χ2n) is 6.00. The van der Waals surface area contributed by atoms with Crippen molar-refractivity contribution in [3.05, 3.63) is 65.5 Å². The van der Waals surface area contributed by atoms with Crippen molar-refractivity contribution in [2.75, 3.05) is 7.11 Å². The highest BCUT2D eigenvalue weighted by atomic mass is 16.5. The fourth-order valence-electron chi connectivity index (χ4n) is 2.44. The van der Waals surface area contributed by atoms with Crippen molar-refractivity contribution in [2.45, 2.75) is 26.3 Å². The van der Waals surface area contributed by atoms with E-state index in [9.17, 15) is 4.79 Å². The molecule has 2 aromatic carbocycles. The Balaban J connectivity index is 1.51. The Morgan fingerprint density at radius 3 is 2.73 bits per heavy atom. The maximum atomic E-state index is 12.0. The number of aromatic nitrogens is 2. The molecule has 26 heavy (non-hydrogen) atoms. The summed E-state index contributed by atoms with van der Waals surface area (Å²) in [4.78, 5) is 12.0. The summed E-state index contributed by atoms with van der Waals surface area (Å²) in [6.07, 6.45) is 0.697. The number of nitrogens with zero attached hydrogens (tertiary/aromatic N) is 2. The number of nitrogens with one attached hydrogen (secondary N) is 1. The number of hydrogen-bond acceptors (Lipinski definition) is 5. The van der Waals surface area contributed by atoms with E-state index in [-0.39, 0.29) is 5.91 Å². The van der Waals surface area contributed by atoms with Crippen LogP contribution in [0.2, 0.25) is 0 Å². The molecule has 0 fully saturated rings. The average Bonchev–Trinajstić information content (AvgIpc) is 3.15. The van der Waals surface area contributed by atoms with Crippen molar-refractivity contribution < 1.29 is 13.9 Å². The van der Waals surface area contributed by atoms with Crippen LogP contribution < -0.4 is 10.1 Å². The van der Waals surface area contributed by atoms with Crippen LogP contribution in [0.1, 0.15) is 23.4 Å². The Morgan fingerprint density at radius 1 is 1.15 bits per heavy atom. The van der Waals surface area contributed by atoms with Crippen molar-refractivity contribution >= 4 is 5.91 Å². The first-order chi connectivity index (χ1) is 12.6. The van der Waals surface area contributed by atoms with E-state index in [1.54, 1.807) is 7.11 Å². The molecular formula is C20H21N3O3. The highest BCUT2D eigenvalue weighted by Crippen LogP contribution is 2.22. The summed E-state index contributed by atoms with van der Waals surface area (Å²) in [6, 6.07) is 15.5. The van der Waals surface area contributed by atoms with Crippen LogP contribution in [-0.4, -0.2) is 23.2 Å². The zero-order valence-electron chi connectivity index (χ0n) is 14.9. The van der Waals surface area contributed by atoms with Gasteiger partial charge in [-0.2, -0.15) is 0 Å². The maximum absolute atomic E-state index is 12.0. The molecule has 1 N–H and O–H groups in total. The zero-order valence-corrected chi connectivity index (χ0v) is 14.9. The summed E-state index contributed by atoms with van der Waals surface area (Å²) in [6.45, 7) is 2.55. The van der Waals surface area contributed by atoms with Gasteiger partial charge >= 0.3 is 0 Å². The van der Waals surface area contributed by atoms with Crippen LogP contribution in [0.4, 0.5) is 0 Å². The lowest BCUT2D eigenvalue weighted by molar-refractivity contribution is -0.121. The molecule has 0 aliphatic heterocycles. The van der Waals surface area contributed by atoms with Gasteiger partial charge in [-0.15, -0.1) is 10.2 Å². The van der Waals surface area contributed by atoms with E-state index < -0.39 is 0 Å². The lowest BCUT2D eigenvalue weighted by Crippen LogP contribution is -2.23. The highest BCUT2D eigenvalue weighted by Gasteiger charge is 2.11. The van der Waals surface area contributed by atoms with Crippen molar-refractivity contribution in [1.82, 2.24) is 15.5 Å². The minimum Gasteiger partial charge on any atom is -0.497 e. The molecule has 3 aromatic rings. The minimum atomic E-state index is -0.0493. The first-order valence-electron chi connectivity index (χ1n) is 8.43. The third-order valence-electron chi connectivity index (χ3n) is 3.96. The molecule has 3 rings (SSSR count). The van der Waals surface area contributed by atoms with Crippen LogP contribution in [0.3, 0.4) is 0 Å². The van der Waals surface area contributed by atoms with Crippen molar-refractivity contribution in [3.8, 4) is 17.2 Å². The molecule has 134 valence electrons. The molecule has 1 heterocycles. The standard InChI is InChI=1S/C20H21N3O3/c1-14-6-8-15(9-7-14)13-21-18(24)10-11-19-22-23-20(26-19)16-4-3-5-17(12-16)25-2/h3-9,12H,10-11,13H2,1-2H3,(H,21,24). The zero-order chi connectivity index (χ0) is 18.4. The lowest BCUT2D eigenvalue weighted by Gasteiger charge is -2.04. The van der Waals surface area contributed by atoms with E-state index in [1.807, 2.05) is 55.5 Å². The molecule has 0 bridgehead atoms. The smallest absolute Gasteiger partial charge is 0.247 e. The number of carbonyl (C=O) groups is 1. The average molecular weight is 351 g/mol. The van der Waals surface area contributed by atoms with Crippen molar-refractivity contribution in [1.29, 1.82) is 0 Å². The number of hydrogen-bond donors (Lipinski definition) is 1. The van der Waals surface area contributed by atoms with Crippen LogP contribution in [-0.2, 0) is 17.8 Å². The van der Waals surface area contributed by atoms with Gasteiger partial charge in [0, 0.05) is 24.9 Å². The summed E-state index contributed by atoms with van der Waals surface area (Å²) in [7, 11) is 1.60. The van der Waals surface area contributed by atoms with Crippen LogP contribution >= 0.6 is 0 Å². The number of rotatable bonds is 7.